The minimum absolute atomic E-state index is 0.0557. The summed E-state index contributed by atoms with van der Waals surface area (Å²) in [7, 11) is 1.65. The molecule has 1 atom stereocenters. The van der Waals surface area contributed by atoms with E-state index in [2.05, 4.69) is 10.2 Å². The lowest BCUT2D eigenvalue weighted by Gasteiger charge is -2.35. The number of amides is 2. The van der Waals surface area contributed by atoms with Crippen LogP contribution in [-0.2, 0) is 19.1 Å². The zero-order chi connectivity index (χ0) is 17.6. The highest BCUT2D eigenvalue weighted by molar-refractivity contribution is 6.10. The minimum Gasteiger partial charge on any atom is -0.382 e. The van der Waals surface area contributed by atoms with Gasteiger partial charge in [-0.25, -0.2) is 0 Å². The third-order valence-electron chi connectivity index (χ3n) is 4.53. The Morgan fingerprint density at radius 1 is 1.32 bits per heavy atom. The first-order chi connectivity index (χ1) is 12.2. The van der Waals surface area contributed by atoms with E-state index in [0.29, 0.717) is 25.4 Å². The first-order valence-corrected chi connectivity index (χ1v) is 8.69. The topological polar surface area (TPSA) is 71.1 Å². The molecule has 2 heterocycles. The van der Waals surface area contributed by atoms with Gasteiger partial charge in [-0.05, 0) is 31.5 Å². The third kappa shape index (κ3) is 4.56. The van der Waals surface area contributed by atoms with Crippen LogP contribution in [0.3, 0.4) is 0 Å². The van der Waals surface area contributed by atoms with E-state index >= 15 is 0 Å². The lowest BCUT2D eigenvalue weighted by molar-refractivity contribution is -0.123. The molecule has 1 saturated heterocycles. The molecule has 0 aliphatic carbocycles. The zero-order valence-electron chi connectivity index (χ0n) is 14.6. The number of benzene rings is 1. The number of para-hydroxylation sites is 2. The van der Waals surface area contributed by atoms with Crippen molar-refractivity contribution in [1.29, 1.82) is 0 Å². The van der Waals surface area contributed by atoms with Gasteiger partial charge in [0.25, 0.3) is 0 Å². The van der Waals surface area contributed by atoms with Crippen LogP contribution in [0.4, 0.5) is 11.4 Å². The average Bonchev–Trinajstić information content (AvgIpc) is 2.61. The van der Waals surface area contributed by atoms with Crippen molar-refractivity contribution in [3.63, 3.8) is 0 Å². The quantitative estimate of drug-likeness (QED) is 0.781. The molecule has 2 amide bonds. The fourth-order valence-corrected chi connectivity index (χ4v) is 3.32. The monoisotopic (exact) mass is 347 g/mol. The second-order valence-corrected chi connectivity index (χ2v) is 6.41. The first-order valence-electron chi connectivity index (χ1n) is 8.69. The number of likely N-dealkylation sites (tertiary alicyclic amines) is 1. The SMILES string of the molecule is COCCOC1CCCN(CC(=O)N2CC(=O)Nc3ccccc32)C1. The van der Waals surface area contributed by atoms with Gasteiger partial charge in [-0.1, -0.05) is 12.1 Å². The maximum Gasteiger partial charge on any atom is 0.244 e. The Labute approximate surface area is 147 Å². The molecule has 0 bridgehead atoms. The molecule has 1 aromatic rings. The maximum absolute atomic E-state index is 12.8. The second kappa shape index (κ2) is 8.42. The van der Waals surface area contributed by atoms with Crippen molar-refractivity contribution in [1.82, 2.24) is 4.90 Å². The van der Waals surface area contributed by atoms with E-state index in [0.717, 1.165) is 31.6 Å². The summed E-state index contributed by atoms with van der Waals surface area (Å²) in [6.07, 6.45) is 2.14. The maximum atomic E-state index is 12.8. The molecule has 0 aromatic heterocycles. The van der Waals surface area contributed by atoms with Gasteiger partial charge >= 0.3 is 0 Å². The van der Waals surface area contributed by atoms with Crippen molar-refractivity contribution in [3.8, 4) is 0 Å². The minimum atomic E-state index is -0.161. The Morgan fingerprint density at radius 2 is 2.16 bits per heavy atom. The van der Waals surface area contributed by atoms with Gasteiger partial charge < -0.3 is 14.8 Å². The van der Waals surface area contributed by atoms with Gasteiger partial charge in [0, 0.05) is 13.7 Å². The van der Waals surface area contributed by atoms with E-state index < -0.39 is 0 Å². The number of carbonyl (C=O) groups is 2. The van der Waals surface area contributed by atoms with E-state index in [4.69, 9.17) is 9.47 Å². The highest BCUT2D eigenvalue weighted by Crippen LogP contribution is 2.29. The summed E-state index contributed by atoms with van der Waals surface area (Å²) < 4.78 is 10.8. The number of rotatable bonds is 6. The third-order valence-corrected chi connectivity index (χ3v) is 4.53. The Morgan fingerprint density at radius 3 is 3.00 bits per heavy atom. The first kappa shape index (κ1) is 17.8. The Kier molecular flexibility index (Phi) is 6.01. The fourth-order valence-electron chi connectivity index (χ4n) is 3.32. The molecule has 0 radical (unpaired) electrons. The normalized spacial score (nSPS) is 20.9. The molecule has 3 rings (SSSR count). The number of anilines is 2. The summed E-state index contributed by atoms with van der Waals surface area (Å²) in [6, 6.07) is 7.39. The van der Waals surface area contributed by atoms with Crippen LogP contribution in [0, 0.1) is 0 Å². The van der Waals surface area contributed by atoms with Crippen molar-refractivity contribution in [2.24, 2.45) is 0 Å². The number of fused-ring (bicyclic) bond motifs is 1. The number of ether oxygens (including phenoxy) is 2. The molecule has 1 unspecified atom stereocenters. The van der Waals surface area contributed by atoms with Crippen LogP contribution in [0.15, 0.2) is 24.3 Å². The molecule has 7 nitrogen and oxygen atoms in total. The van der Waals surface area contributed by atoms with Crippen LogP contribution in [-0.4, -0.2) is 69.3 Å². The molecule has 1 aromatic carbocycles. The molecule has 1 N–H and O–H groups in total. The van der Waals surface area contributed by atoms with E-state index in [9.17, 15) is 9.59 Å². The lowest BCUT2D eigenvalue weighted by Crippen LogP contribution is -2.49. The van der Waals surface area contributed by atoms with Gasteiger partial charge in [0.2, 0.25) is 11.8 Å². The highest BCUT2D eigenvalue weighted by atomic mass is 16.5. The molecule has 2 aliphatic rings. The van der Waals surface area contributed by atoms with Crippen molar-refractivity contribution >= 4 is 23.2 Å². The van der Waals surface area contributed by atoms with Gasteiger partial charge in [-0.15, -0.1) is 0 Å². The van der Waals surface area contributed by atoms with Crippen LogP contribution in [0.25, 0.3) is 0 Å². The number of hydrogen-bond donors (Lipinski definition) is 1. The smallest absolute Gasteiger partial charge is 0.244 e. The molecule has 2 aliphatic heterocycles. The standard InChI is InChI=1S/C18H25N3O4/c1-24-9-10-25-14-5-4-8-20(11-14)13-18(23)21-12-17(22)19-15-6-2-3-7-16(15)21/h2-3,6-7,14H,4-5,8-13H2,1H3,(H,19,22). The van der Waals surface area contributed by atoms with Crippen LogP contribution in [0.2, 0.25) is 0 Å². The molecule has 0 spiro atoms. The molecule has 136 valence electrons. The van der Waals surface area contributed by atoms with E-state index in [1.807, 2.05) is 24.3 Å². The van der Waals surface area contributed by atoms with Gasteiger partial charge in [0.15, 0.2) is 0 Å². The second-order valence-electron chi connectivity index (χ2n) is 6.41. The Balaban J connectivity index is 1.59. The fraction of sp³-hybridized carbons (Fsp3) is 0.556. The van der Waals surface area contributed by atoms with Gasteiger partial charge in [0.1, 0.15) is 6.54 Å². The van der Waals surface area contributed by atoms with E-state index in [1.54, 1.807) is 12.0 Å². The van der Waals surface area contributed by atoms with E-state index in [1.165, 1.54) is 0 Å². The average molecular weight is 347 g/mol. The summed E-state index contributed by atoms with van der Waals surface area (Å²) >= 11 is 0. The van der Waals surface area contributed by atoms with E-state index in [-0.39, 0.29) is 24.5 Å². The van der Waals surface area contributed by atoms with Crippen molar-refractivity contribution < 1.29 is 19.1 Å². The number of nitrogens with zero attached hydrogens (tertiary/aromatic N) is 2. The van der Waals surface area contributed by atoms with Crippen molar-refractivity contribution in [3.05, 3.63) is 24.3 Å². The highest BCUT2D eigenvalue weighted by Gasteiger charge is 2.29. The van der Waals surface area contributed by atoms with Crippen LogP contribution in [0.1, 0.15) is 12.8 Å². The summed E-state index contributed by atoms with van der Waals surface area (Å²) in [5.74, 6) is -0.216. The number of carbonyl (C=O) groups excluding carboxylic acids is 2. The Bertz CT molecular complexity index is 622. The van der Waals surface area contributed by atoms with Gasteiger partial charge in [0.05, 0.1) is 37.2 Å². The summed E-state index contributed by atoms with van der Waals surface area (Å²) in [4.78, 5) is 28.3. The van der Waals surface area contributed by atoms with Crippen molar-refractivity contribution in [2.45, 2.75) is 18.9 Å². The van der Waals surface area contributed by atoms with Crippen LogP contribution in [0.5, 0.6) is 0 Å². The molecular formula is C18H25N3O4. The predicted octanol–water partition coefficient (Wildman–Crippen LogP) is 1.10. The lowest BCUT2D eigenvalue weighted by atomic mass is 10.1. The summed E-state index contributed by atoms with van der Waals surface area (Å²) in [6.45, 7) is 3.12. The number of hydrogen-bond acceptors (Lipinski definition) is 5. The van der Waals surface area contributed by atoms with Gasteiger partial charge in [-0.2, -0.15) is 0 Å². The van der Waals surface area contributed by atoms with Crippen molar-refractivity contribution in [2.75, 3.05) is 56.7 Å². The Hall–Kier alpha value is -1.96. The number of piperidine rings is 1. The predicted molar refractivity (Wildman–Crippen MR) is 94.7 cm³/mol. The van der Waals surface area contributed by atoms with Crippen LogP contribution < -0.4 is 10.2 Å². The number of nitrogens with one attached hydrogen (secondary N) is 1. The molecular weight excluding hydrogens is 322 g/mol. The largest absolute Gasteiger partial charge is 0.382 e. The zero-order valence-corrected chi connectivity index (χ0v) is 14.6. The molecule has 25 heavy (non-hydrogen) atoms. The summed E-state index contributed by atoms with van der Waals surface area (Å²) in [5, 5.41) is 2.81. The molecule has 1 fully saturated rings. The molecule has 0 saturated carbocycles. The molecule has 7 heteroatoms. The number of methoxy groups -OCH3 is 1. The summed E-state index contributed by atoms with van der Waals surface area (Å²) in [5.41, 5.74) is 1.45. The van der Waals surface area contributed by atoms with Gasteiger partial charge in [-0.3, -0.25) is 19.4 Å². The van der Waals surface area contributed by atoms with Crippen LogP contribution >= 0.6 is 0 Å².